The van der Waals surface area contributed by atoms with Gasteiger partial charge >= 0.3 is 0 Å². The van der Waals surface area contributed by atoms with E-state index >= 15 is 0 Å². The third-order valence-electron chi connectivity index (χ3n) is 3.59. The van der Waals surface area contributed by atoms with Gasteiger partial charge in [0, 0.05) is 5.92 Å². The van der Waals surface area contributed by atoms with Crippen molar-refractivity contribution in [2.75, 3.05) is 0 Å². The van der Waals surface area contributed by atoms with E-state index in [2.05, 4.69) is 17.8 Å². The lowest BCUT2D eigenvalue weighted by molar-refractivity contribution is -0.134. The molecule has 0 heterocycles. The van der Waals surface area contributed by atoms with E-state index < -0.39 is 17.8 Å². The Labute approximate surface area is 136 Å². The summed E-state index contributed by atoms with van der Waals surface area (Å²) < 4.78 is 18.7. The van der Waals surface area contributed by atoms with Crippen molar-refractivity contribution in [2.24, 2.45) is 5.92 Å². The molecule has 0 aliphatic rings. The Morgan fingerprint density at radius 1 is 1.17 bits per heavy atom. The van der Waals surface area contributed by atoms with E-state index in [0.29, 0.717) is 6.42 Å². The van der Waals surface area contributed by atoms with Crippen molar-refractivity contribution in [3.63, 3.8) is 0 Å². The minimum absolute atomic E-state index is 0.00384. The lowest BCUT2D eigenvalue weighted by Crippen LogP contribution is -2.49. The third kappa shape index (κ3) is 6.26. The van der Waals surface area contributed by atoms with Crippen molar-refractivity contribution in [3.8, 4) is 5.75 Å². The predicted molar refractivity (Wildman–Crippen MR) is 86.1 cm³/mol. The van der Waals surface area contributed by atoms with Crippen LogP contribution in [0.3, 0.4) is 0 Å². The zero-order chi connectivity index (χ0) is 17.2. The smallest absolute Gasteiger partial charge is 0.279 e. The predicted octanol–water partition coefficient (Wildman–Crippen LogP) is 2.96. The zero-order valence-corrected chi connectivity index (χ0v) is 13.9. The molecule has 5 nitrogen and oxygen atoms in total. The zero-order valence-electron chi connectivity index (χ0n) is 13.9. The summed E-state index contributed by atoms with van der Waals surface area (Å²) in [5.74, 6) is -1.42. The molecule has 1 aromatic rings. The lowest BCUT2D eigenvalue weighted by atomic mass is 9.99. The van der Waals surface area contributed by atoms with Crippen LogP contribution in [0.5, 0.6) is 5.75 Å². The molecule has 0 aliphatic carbocycles. The monoisotopic (exact) mass is 324 g/mol. The summed E-state index contributed by atoms with van der Waals surface area (Å²) in [6, 6.07) is 5.84. The van der Waals surface area contributed by atoms with Crippen LogP contribution in [0.1, 0.15) is 46.5 Å². The summed E-state index contributed by atoms with van der Waals surface area (Å²) in [6.45, 7) is 5.49. The molecule has 0 bridgehead atoms. The number of carbonyl (C=O) groups excluding carboxylic acids is 2. The maximum atomic E-state index is 13.5. The van der Waals surface area contributed by atoms with Gasteiger partial charge in [0.1, 0.15) is 0 Å². The molecule has 0 aliphatic heterocycles. The van der Waals surface area contributed by atoms with Gasteiger partial charge in [-0.25, -0.2) is 4.39 Å². The second-order valence-electron chi connectivity index (χ2n) is 5.42. The van der Waals surface area contributed by atoms with Crippen LogP contribution in [-0.4, -0.2) is 17.9 Å². The Morgan fingerprint density at radius 2 is 1.83 bits per heavy atom. The Hall–Kier alpha value is -2.11. The summed E-state index contributed by atoms with van der Waals surface area (Å²) >= 11 is 0. The van der Waals surface area contributed by atoms with Gasteiger partial charge in [-0.05, 0) is 31.9 Å². The highest BCUT2D eigenvalue weighted by Gasteiger charge is 2.20. The second-order valence-corrected chi connectivity index (χ2v) is 5.42. The number of amides is 2. The van der Waals surface area contributed by atoms with Crippen LogP contribution in [0.25, 0.3) is 0 Å². The number of hydrogen-bond donors (Lipinski definition) is 2. The molecule has 0 aromatic heterocycles. The number of ether oxygens (including phenoxy) is 1. The number of halogens is 1. The molecule has 0 saturated heterocycles. The van der Waals surface area contributed by atoms with E-state index in [9.17, 15) is 14.0 Å². The number of rotatable bonds is 8. The van der Waals surface area contributed by atoms with E-state index in [4.69, 9.17) is 4.74 Å². The largest absolute Gasteiger partial charge is 0.478 e. The van der Waals surface area contributed by atoms with Gasteiger partial charge in [-0.3, -0.25) is 20.4 Å². The molecule has 0 spiro atoms. The first-order valence-electron chi connectivity index (χ1n) is 8.00. The minimum atomic E-state index is -0.928. The summed E-state index contributed by atoms with van der Waals surface area (Å²) in [7, 11) is 0. The third-order valence-corrected chi connectivity index (χ3v) is 3.59. The molecule has 2 atom stereocenters. The first-order chi connectivity index (χ1) is 11.0. The average Bonchev–Trinajstić information content (AvgIpc) is 2.55. The Balaban J connectivity index is 2.46. The van der Waals surface area contributed by atoms with Gasteiger partial charge < -0.3 is 4.74 Å². The highest BCUT2D eigenvalue weighted by Crippen LogP contribution is 2.17. The molecule has 2 N–H and O–H groups in total. The van der Waals surface area contributed by atoms with Crippen LogP contribution in [0.4, 0.5) is 4.39 Å². The molecule has 2 amide bonds. The fraction of sp³-hybridized carbons (Fsp3) is 0.529. The number of nitrogens with one attached hydrogen (secondary N) is 2. The van der Waals surface area contributed by atoms with Crippen LogP contribution < -0.4 is 15.6 Å². The standard InChI is InChI=1S/C17H25FN2O3/c1-4-6-9-13(5-2)17(22)20-19-16(21)12(3)23-15-11-8-7-10-14(15)18/h7-8,10-13H,4-6,9H2,1-3H3,(H,19,21)(H,20,22). The molecule has 0 saturated carbocycles. The number of benzene rings is 1. The van der Waals surface area contributed by atoms with Crippen LogP contribution in [0.2, 0.25) is 0 Å². The van der Waals surface area contributed by atoms with Gasteiger partial charge in [-0.2, -0.15) is 0 Å². The Kier molecular flexibility index (Phi) is 8.08. The molecule has 1 aromatic carbocycles. The van der Waals surface area contributed by atoms with Crippen molar-refractivity contribution in [2.45, 2.75) is 52.6 Å². The highest BCUT2D eigenvalue weighted by molar-refractivity contribution is 5.85. The molecule has 23 heavy (non-hydrogen) atoms. The molecule has 0 fully saturated rings. The van der Waals surface area contributed by atoms with Crippen molar-refractivity contribution in [3.05, 3.63) is 30.1 Å². The van der Waals surface area contributed by atoms with Crippen LogP contribution in [0, 0.1) is 11.7 Å². The molecule has 2 unspecified atom stereocenters. The maximum Gasteiger partial charge on any atom is 0.279 e. The number of hydrogen-bond acceptors (Lipinski definition) is 3. The average molecular weight is 324 g/mol. The number of unbranched alkanes of at least 4 members (excludes halogenated alkanes) is 1. The first kappa shape index (κ1) is 18.9. The van der Waals surface area contributed by atoms with Gasteiger partial charge in [0.25, 0.3) is 5.91 Å². The van der Waals surface area contributed by atoms with E-state index in [1.54, 1.807) is 6.07 Å². The molecular weight excluding hydrogens is 299 g/mol. The quantitative estimate of drug-likeness (QED) is 0.723. The van der Waals surface area contributed by atoms with Crippen LogP contribution >= 0.6 is 0 Å². The maximum absolute atomic E-state index is 13.5. The van der Waals surface area contributed by atoms with E-state index in [-0.39, 0.29) is 17.6 Å². The second kappa shape index (κ2) is 9.82. The van der Waals surface area contributed by atoms with E-state index in [1.165, 1.54) is 25.1 Å². The number of hydrazine groups is 1. The topological polar surface area (TPSA) is 67.4 Å². The SMILES string of the molecule is CCCCC(CC)C(=O)NNC(=O)C(C)Oc1ccccc1F. The van der Waals surface area contributed by atoms with E-state index in [1.807, 2.05) is 6.92 Å². The molecule has 128 valence electrons. The van der Waals surface area contributed by atoms with E-state index in [0.717, 1.165) is 19.3 Å². The fourth-order valence-corrected chi connectivity index (χ4v) is 2.08. The summed E-state index contributed by atoms with van der Waals surface area (Å²) in [5, 5.41) is 0. The lowest BCUT2D eigenvalue weighted by Gasteiger charge is -2.18. The van der Waals surface area contributed by atoms with Crippen molar-refractivity contribution < 1.29 is 18.7 Å². The first-order valence-corrected chi connectivity index (χ1v) is 8.00. The van der Waals surface area contributed by atoms with Gasteiger partial charge in [0.15, 0.2) is 17.7 Å². The van der Waals surface area contributed by atoms with Gasteiger partial charge in [-0.1, -0.05) is 38.8 Å². The summed E-state index contributed by atoms with van der Waals surface area (Å²) in [5.41, 5.74) is 4.74. The van der Waals surface area contributed by atoms with Gasteiger partial charge in [0.2, 0.25) is 5.91 Å². The van der Waals surface area contributed by atoms with Gasteiger partial charge in [0.05, 0.1) is 0 Å². The Morgan fingerprint density at radius 3 is 2.43 bits per heavy atom. The number of carbonyl (C=O) groups is 2. The van der Waals surface area contributed by atoms with Crippen LogP contribution in [0.15, 0.2) is 24.3 Å². The van der Waals surface area contributed by atoms with Crippen molar-refractivity contribution in [1.82, 2.24) is 10.9 Å². The summed E-state index contributed by atoms with van der Waals surface area (Å²) in [6.07, 6.45) is 2.55. The molecular formula is C17H25FN2O3. The van der Waals surface area contributed by atoms with Crippen molar-refractivity contribution >= 4 is 11.8 Å². The summed E-state index contributed by atoms with van der Waals surface area (Å²) in [4.78, 5) is 23.9. The molecule has 1 rings (SSSR count). The number of para-hydroxylation sites is 1. The van der Waals surface area contributed by atoms with Gasteiger partial charge in [-0.15, -0.1) is 0 Å². The molecule has 0 radical (unpaired) electrons. The van der Waals surface area contributed by atoms with Crippen LogP contribution in [-0.2, 0) is 9.59 Å². The highest BCUT2D eigenvalue weighted by atomic mass is 19.1. The van der Waals surface area contributed by atoms with Crippen molar-refractivity contribution in [1.29, 1.82) is 0 Å². The molecule has 6 heteroatoms. The fourth-order valence-electron chi connectivity index (χ4n) is 2.08. The minimum Gasteiger partial charge on any atom is -0.478 e. The Bertz CT molecular complexity index is 522. The normalized spacial score (nSPS) is 13.0.